The van der Waals surface area contributed by atoms with Gasteiger partial charge in [0.25, 0.3) is 5.91 Å². The fourth-order valence-corrected chi connectivity index (χ4v) is 3.87. The number of carbonyl (C=O) groups excluding carboxylic acids is 2. The van der Waals surface area contributed by atoms with Gasteiger partial charge < -0.3 is 19.7 Å². The molecule has 3 aromatic rings. The van der Waals surface area contributed by atoms with E-state index in [1.165, 1.54) is 0 Å². The third-order valence-corrected chi connectivity index (χ3v) is 5.58. The topological polar surface area (TPSA) is 67.9 Å². The lowest BCUT2D eigenvalue weighted by Crippen LogP contribution is -2.52. The number of nitrogens with zero attached hydrogens (tertiary/aromatic N) is 1. The van der Waals surface area contributed by atoms with E-state index >= 15 is 0 Å². The lowest BCUT2D eigenvalue weighted by molar-refractivity contribution is -0.143. The van der Waals surface area contributed by atoms with Gasteiger partial charge in [-0.2, -0.15) is 0 Å². The number of nitrogens with one attached hydrogen (secondary N) is 1. The number of methoxy groups -OCH3 is 1. The van der Waals surface area contributed by atoms with Crippen molar-refractivity contribution in [2.75, 3.05) is 13.7 Å². The number of halogens is 1. The summed E-state index contributed by atoms with van der Waals surface area (Å²) in [6.07, 6.45) is 0.367. The number of hydrogen-bond acceptors (Lipinski definition) is 4. The molecule has 0 heterocycles. The van der Waals surface area contributed by atoms with Gasteiger partial charge in [-0.1, -0.05) is 60.1 Å². The summed E-state index contributed by atoms with van der Waals surface area (Å²) in [4.78, 5) is 28.5. The van der Waals surface area contributed by atoms with Gasteiger partial charge in [0.15, 0.2) is 6.61 Å². The van der Waals surface area contributed by atoms with Crippen LogP contribution in [0.4, 0.5) is 0 Å². The number of amides is 2. The summed E-state index contributed by atoms with van der Waals surface area (Å²) in [7, 11) is 1.59. The Kier molecular flexibility index (Phi) is 9.56. The summed E-state index contributed by atoms with van der Waals surface area (Å²) in [5, 5.41) is 3.49. The van der Waals surface area contributed by atoms with E-state index in [2.05, 4.69) is 5.32 Å². The second-order valence-corrected chi connectivity index (χ2v) is 8.92. The molecule has 0 aromatic heterocycles. The quantitative estimate of drug-likeness (QED) is 0.412. The SMILES string of the molecule is COc1cccc(CN(C(=O)COc2cccc(Cl)c2)[C@H](Cc2ccccc2)C(=O)NC(C)C)c1. The number of rotatable bonds is 11. The average molecular weight is 495 g/mol. The Morgan fingerprint density at radius 1 is 0.914 bits per heavy atom. The van der Waals surface area contributed by atoms with Crippen LogP contribution in [0.15, 0.2) is 78.9 Å². The number of ether oxygens (including phenoxy) is 2. The van der Waals surface area contributed by atoms with E-state index < -0.39 is 6.04 Å². The molecule has 0 aliphatic carbocycles. The third kappa shape index (κ3) is 8.04. The van der Waals surface area contributed by atoms with Gasteiger partial charge in [-0.3, -0.25) is 9.59 Å². The van der Waals surface area contributed by atoms with E-state index in [0.717, 1.165) is 11.1 Å². The lowest BCUT2D eigenvalue weighted by atomic mass is 10.0. The van der Waals surface area contributed by atoms with Crippen LogP contribution in [0.1, 0.15) is 25.0 Å². The second-order valence-electron chi connectivity index (χ2n) is 8.49. The molecule has 7 heteroatoms. The first-order chi connectivity index (χ1) is 16.9. The van der Waals surface area contributed by atoms with Crippen LogP contribution < -0.4 is 14.8 Å². The van der Waals surface area contributed by atoms with Crippen molar-refractivity contribution in [3.63, 3.8) is 0 Å². The van der Waals surface area contributed by atoms with Crippen molar-refractivity contribution in [3.8, 4) is 11.5 Å². The first-order valence-corrected chi connectivity index (χ1v) is 11.9. The maximum atomic E-state index is 13.5. The molecule has 0 aliphatic rings. The van der Waals surface area contributed by atoms with Gasteiger partial charge in [0, 0.05) is 24.0 Å². The fraction of sp³-hybridized carbons (Fsp3) is 0.286. The van der Waals surface area contributed by atoms with Crippen LogP contribution in [-0.4, -0.2) is 42.5 Å². The van der Waals surface area contributed by atoms with Crippen molar-refractivity contribution in [2.45, 2.75) is 38.9 Å². The van der Waals surface area contributed by atoms with Crippen LogP contribution in [0.2, 0.25) is 5.02 Å². The van der Waals surface area contributed by atoms with Gasteiger partial charge in [0.05, 0.1) is 7.11 Å². The first-order valence-electron chi connectivity index (χ1n) is 11.5. The molecule has 0 aliphatic heterocycles. The normalized spacial score (nSPS) is 11.6. The summed E-state index contributed by atoms with van der Waals surface area (Å²) in [6.45, 7) is 3.78. The predicted octanol–water partition coefficient (Wildman–Crippen LogP) is 4.89. The zero-order valence-electron chi connectivity index (χ0n) is 20.2. The minimum Gasteiger partial charge on any atom is -0.497 e. The standard InChI is InChI=1S/C28H31ClN2O4/c1-20(2)30-28(33)26(16-21-9-5-4-6-10-21)31(18-22-11-7-13-24(15-22)34-3)27(32)19-35-25-14-8-12-23(29)17-25/h4-15,17,20,26H,16,18-19H2,1-3H3,(H,30,33)/t26-/m1/s1. The zero-order chi connectivity index (χ0) is 25.2. The number of carbonyl (C=O) groups is 2. The molecule has 2 amide bonds. The van der Waals surface area contributed by atoms with E-state index in [1.807, 2.05) is 68.4 Å². The molecule has 35 heavy (non-hydrogen) atoms. The van der Waals surface area contributed by atoms with Crippen molar-refractivity contribution < 1.29 is 19.1 Å². The van der Waals surface area contributed by atoms with E-state index in [1.54, 1.807) is 36.3 Å². The molecule has 0 bridgehead atoms. The molecule has 1 atom stereocenters. The van der Waals surface area contributed by atoms with Gasteiger partial charge in [0.2, 0.25) is 5.91 Å². The monoisotopic (exact) mass is 494 g/mol. The minimum absolute atomic E-state index is 0.0720. The van der Waals surface area contributed by atoms with E-state index in [4.69, 9.17) is 21.1 Å². The summed E-state index contributed by atoms with van der Waals surface area (Å²) >= 11 is 6.05. The largest absolute Gasteiger partial charge is 0.497 e. The van der Waals surface area contributed by atoms with Crippen LogP contribution in [0.25, 0.3) is 0 Å². The molecular weight excluding hydrogens is 464 g/mol. The molecule has 3 rings (SSSR count). The molecule has 3 aromatic carbocycles. The average Bonchev–Trinajstić information content (AvgIpc) is 2.85. The smallest absolute Gasteiger partial charge is 0.261 e. The van der Waals surface area contributed by atoms with E-state index in [9.17, 15) is 9.59 Å². The zero-order valence-corrected chi connectivity index (χ0v) is 21.0. The van der Waals surface area contributed by atoms with Crippen LogP contribution in [0, 0.1) is 0 Å². The Morgan fingerprint density at radius 2 is 1.60 bits per heavy atom. The molecular formula is C28H31ClN2O4. The van der Waals surface area contributed by atoms with Crippen LogP contribution in [0.3, 0.4) is 0 Å². The summed E-state index contributed by atoms with van der Waals surface area (Å²) in [5.41, 5.74) is 1.80. The third-order valence-electron chi connectivity index (χ3n) is 5.35. The summed E-state index contributed by atoms with van der Waals surface area (Å²) in [5.74, 6) is 0.630. The van der Waals surface area contributed by atoms with Crippen molar-refractivity contribution in [3.05, 3.63) is 95.0 Å². The second kappa shape index (κ2) is 12.8. The number of hydrogen-bond donors (Lipinski definition) is 1. The molecule has 0 saturated heterocycles. The molecule has 0 spiro atoms. The van der Waals surface area contributed by atoms with Gasteiger partial charge in [0.1, 0.15) is 17.5 Å². The van der Waals surface area contributed by atoms with Crippen LogP contribution >= 0.6 is 11.6 Å². The molecule has 0 saturated carbocycles. The molecule has 0 unspecified atom stereocenters. The fourth-order valence-electron chi connectivity index (χ4n) is 3.69. The van der Waals surface area contributed by atoms with Crippen molar-refractivity contribution in [1.82, 2.24) is 10.2 Å². The number of benzene rings is 3. The predicted molar refractivity (Wildman–Crippen MR) is 138 cm³/mol. The Morgan fingerprint density at radius 3 is 2.29 bits per heavy atom. The van der Waals surface area contributed by atoms with Gasteiger partial charge >= 0.3 is 0 Å². The Bertz CT molecular complexity index is 1120. The molecule has 0 radical (unpaired) electrons. The van der Waals surface area contributed by atoms with E-state index in [0.29, 0.717) is 22.9 Å². The lowest BCUT2D eigenvalue weighted by Gasteiger charge is -2.32. The van der Waals surface area contributed by atoms with Crippen LogP contribution in [0.5, 0.6) is 11.5 Å². The highest BCUT2D eigenvalue weighted by Crippen LogP contribution is 2.20. The van der Waals surface area contributed by atoms with Gasteiger partial charge in [-0.15, -0.1) is 0 Å². The Labute approximate surface area is 211 Å². The highest BCUT2D eigenvalue weighted by atomic mass is 35.5. The van der Waals surface area contributed by atoms with Gasteiger partial charge in [-0.25, -0.2) is 0 Å². The molecule has 6 nitrogen and oxygen atoms in total. The summed E-state index contributed by atoms with van der Waals surface area (Å²) < 4.78 is 11.1. The maximum absolute atomic E-state index is 13.5. The Hall–Kier alpha value is -3.51. The first kappa shape index (κ1) is 26.1. The highest BCUT2D eigenvalue weighted by molar-refractivity contribution is 6.30. The maximum Gasteiger partial charge on any atom is 0.261 e. The minimum atomic E-state index is -0.735. The summed E-state index contributed by atoms with van der Waals surface area (Å²) in [6, 6.07) is 23.2. The Balaban J connectivity index is 1.92. The van der Waals surface area contributed by atoms with Crippen molar-refractivity contribution >= 4 is 23.4 Å². The van der Waals surface area contributed by atoms with Crippen molar-refractivity contribution in [2.24, 2.45) is 0 Å². The van der Waals surface area contributed by atoms with E-state index in [-0.39, 0.29) is 31.0 Å². The highest BCUT2D eigenvalue weighted by Gasteiger charge is 2.31. The van der Waals surface area contributed by atoms with Crippen molar-refractivity contribution in [1.29, 1.82) is 0 Å². The molecule has 0 fully saturated rings. The van der Waals surface area contributed by atoms with Crippen LogP contribution in [-0.2, 0) is 22.6 Å². The molecule has 184 valence electrons. The molecule has 1 N–H and O–H groups in total. The van der Waals surface area contributed by atoms with Gasteiger partial charge in [-0.05, 0) is 55.3 Å².